The molecule has 0 heterocycles. The van der Waals surface area contributed by atoms with E-state index in [4.69, 9.17) is 9.47 Å². The first-order valence-electron chi connectivity index (χ1n) is 6.55. The van der Waals surface area contributed by atoms with Gasteiger partial charge < -0.3 is 9.47 Å². The second-order valence-electron chi connectivity index (χ2n) is 4.13. The van der Waals surface area contributed by atoms with Crippen LogP contribution in [0, 0.1) is 0 Å². The Labute approximate surface area is 101 Å². The minimum absolute atomic E-state index is 0.00696. The van der Waals surface area contributed by atoms with Gasteiger partial charge in [-0.2, -0.15) is 0 Å². The van der Waals surface area contributed by atoms with Gasteiger partial charge in [-0.3, -0.25) is 0 Å². The van der Waals surface area contributed by atoms with E-state index in [9.17, 15) is 0 Å². The van der Waals surface area contributed by atoms with Gasteiger partial charge in [0.2, 0.25) is 0 Å². The van der Waals surface area contributed by atoms with E-state index in [0.717, 1.165) is 12.8 Å². The predicted octanol–water partition coefficient (Wildman–Crippen LogP) is 4.30. The van der Waals surface area contributed by atoms with Crippen LogP contribution in [0.25, 0.3) is 0 Å². The van der Waals surface area contributed by atoms with Gasteiger partial charge in [-0.05, 0) is 32.1 Å². The minimum atomic E-state index is -0.00696. The number of methoxy groups -OCH3 is 2. The van der Waals surface area contributed by atoms with Gasteiger partial charge in [-0.1, -0.05) is 38.3 Å². The highest BCUT2D eigenvalue weighted by atomic mass is 16.7. The molecule has 0 bridgehead atoms. The molecule has 0 aliphatic rings. The van der Waals surface area contributed by atoms with E-state index in [2.05, 4.69) is 19.1 Å². The Balaban J connectivity index is 3.12. The second-order valence-corrected chi connectivity index (χ2v) is 4.13. The highest BCUT2D eigenvalue weighted by Crippen LogP contribution is 2.10. The molecule has 0 aromatic carbocycles. The molecule has 0 fully saturated rings. The van der Waals surface area contributed by atoms with Gasteiger partial charge in [0, 0.05) is 14.2 Å². The van der Waals surface area contributed by atoms with E-state index in [1.54, 1.807) is 14.2 Å². The fourth-order valence-electron chi connectivity index (χ4n) is 1.72. The average molecular weight is 228 g/mol. The van der Waals surface area contributed by atoms with E-state index >= 15 is 0 Å². The molecular formula is C14H28O2. The maximum Gasteiger partial charge on any atom is 0.156 e. The fraction of sp³-hybridized carbons (Fsp3) is 0.857. The number of hydrogen-bond acceptors (Lipinski definition) is 2. The average Bonchev–Trinajstić information content (AvgIpc) is 2.32. The van der Waals surface area contributed by atoms with Crippen molar-refractivity contribution >= 4 is 0 Å². The van der Waals surface area contributed by atoms with Crippen molar-refractivity contribution in [2.45, 2.75) is 64.6 Å². The molecule has 0 aromatic heterocycles. The second kappa shape index (κ2) is 12.7. The van der Waals surface area contributed by atoms with Crippen molar-refractivity contribution in [2.24, 2.45) is 0 Å². The topological polar surface area (TPSA) is 18.5 Å². The molecule has 0 amide bonds. The lowest BCUT2D eigenvalue weighted by Gasteiger charge is -2.12. The van der Waals surface area contributed by atoms with Crippen LogP contribution in [0.4, 0.5) is 0 Å². The summed E-state index contributed by atoms with van der Waals surface area (Å²) in [6.45, 7) is 2.18. The molecule has 0 aliphatic carbocycles. The summed E-state index contributed by atoms with van der Waals surface area (Å²) in [6.07, 6.45) is 14.5. The Bertz CT molecular complexity index is 151. The summed E-state index contributed by atoms with van der Waals surface area (Å²) in [7, 11) is 3.41. The molecule has 0 N–H and O–H groups in total. The first-order chi connectivity index (χ1) is 7.85. The minimum Gasteiger partial charge on any atom is -0.356 e. The van der Waals surface area contributed by atoms with Crippen molar-refractivity contribution in [1.82, 2.24) is 0 Å². The number of hydrogen-bond donors (Lipinski definition) is 0. The molecule has 0 spiro atoms. The van der Waals surface area contributed by atoms with Gasteiger partial charge in [-0.15, -0.1) is 0 Å². The lowest BCUT2D eigenvalue weighted by atomic mass is 10.1. The summed E-state index contributed by atoms with van der Waals surface area (Å²) < 4.78 is 10.3. The fourth-order valence-corrected chi connectivity index (χ4v) is 1.72. The Morgan fingerprint density at radius 1 is 0.875 bits per heavy atom. The van der Waals surface area contributed by atoms with E-state index in [1.165, 1.54) is 38.5 Å². The maximum absolute atomic E-state index is 5.14. The van der Waals surface area contributed by atoms with Gasteiger partial charge in [-0.25, -0.2) is 0 Å². The van der Waals surface area contributed by atoms with Gasteiger partial charge in [0.05, 0.1) is 0 Å². The lowest BCUT2D eigenvalue weighted by Crippen LogP contribution is -2.12. The summed E-state index contributed by atoms with van der Waals surface area (Å²) in [6, 6.07) is 0. The zero-order valence-electron chi connectivity index (χ0n) is 11.2. The van der Waals surface area contributed by atoms with Crippen LogP contribution in [0.5, 0.6) is 0 Å². The standard InChI is InChI=1S/C14H28O2/c1-4-5-6-7-8-9-10-11-12-13-14(15-2)16-3/h5-6,14H,4,7-13H2,1-3H3/b6-5-. The molecule has 96 valence electrons. The number of ether oxygens (including phenoxy) is 2. The van der Waals surface area contributed by atoms with Crippen molar-refractivity contribution in [2.75, 3.05) is 14.2 Å². The third-order valence-corrected chi connectivity index (χ3v) is 2.74. The van der Waals surface area contributed by atoms with Crippen LogP contribution in [0.15, 0.2) is 12.2 Å². The molecular weight excluding hydrogens is 200 g/mol. The number of rotatable bonds is 11. The number of allylic oxidation sites excluding steroid dienone is 2. The molecule has 0 atom stereocenters. The van der Waals surface area contributed by atoms with Crippen LogP contribution >= 0.6 is 0 Å². The Morgan fingerprint density at radius 2 is 1.50 bits per heavy atom. The lowest BCUT2D eigenvalue weighted by molar-refractivity contribution is -0.107. The molecule has 0 saturated heterocycles. The summed E-state index contributed by atoms with van der Waals surface area (Å²) in [4.78, 5) is 0. The third-order valence-electron chi connectivity index (χ3n) is 2.74. The van der Waals surface area contributed by atoms with Crippen molar-refractivity contribution in [3.05, 3.63) is 12.2 Å². The molecule has 0 radical (unpaired) electrons. The quantitative estimate of drug-likeness (QED) is 0.298. The molecule has 0 aromatic rings. The molecule has 0 unspecified atom stereocenters. The first-order valence-corrected chi connectivity index (χ1v) is 6.55. The van der Waals surface area contributed by atoms with Gasteiger partial charge in [0.1, 0.15) is 0 Å². The Hall–Kier alpha value is -0.340. The molecule has 0 rings (SSSR count). The van der Waals surface area contributed by atoms with Crippen molar-refractivity contribution < 1.29 is 9.47 Å². The molecule has 16 heavy (non-hydrogen) atoms. The van der Waals surface area contributed by atoms with Crippen molar-refractivity contribution in [3.63, 3.8) is 0 Å². The summed E-state index contributed by atoms with van der Waals surface area (Å²) >= 11 is 0. The monoisotopic (exact) mass is 228 g/mol. The van der Waals surface area contributed by atoms with Crippen LogP contribution in [0.2, 0.25) is 0 Å². The van der Waals surface area contributed by atoms with Crippen LogP contribution in [-0.2, 0) is 9.47 Å². The number of unbranched alkanes of at least 4 members (excludes halogenated alkanes) is 5. The normalized spacial score (nSPS) is 11.8. The summed E-state index contributed by atoms with van der Waals surface area (Å²) in [5, 5.41) is 0. The Morgan fingerprint density at radius 3 is 2.12 bits per heavy atom. The smallest absolute Gasteiger partial charge is 0.156 e. The summed E-state index contributed by atoms with van der Waals surface area (Å²) in [5.74, 6) is 0. The zero-order chi connectivity index (χ0) is 12.1. The van der Waals surface area contributed by atoms with Crippen LogP contribution in [0.3, 0.4) is 0 Å². The largest absolute Gasteiger partial charge is 0.356 e. The van der Waals surface area contributed by atoms with Crippen molar-refractivity contribution in [1.29, 1.82) is 0 Å². The van der Waals surface area contributed by atoms with Crippen molar-refractivity contribution in [3.8, 4) is 0 Å². The highest BCUT2D eigenvalue weighted by Gasteiger charge is 2.03. The first kappa shape index (κ1) is 15.7. The van der Waals surface area contributed by atoms with E-state index < -0.39 is 0 Å². The SMILES string of the molecule is CC/C=C\CCCCCCCC(OC)OC. The molecule has 0 saturated carbocycles. The van der Waals surface area contributed by atoms with Gasteiger partial charge in [0.15, 0.2) is 6.29 Å². The predicted molar refractivity (Wildman–Crippen MR) is 69.6 cm³/mol. The summed E-state index contributed by atoms with van der Waals surface area (Å²) in [5.41, 5.74) is 0. The Kier molecular flexibility index (Phi) is 12.5. The molecule has 0 aliphatic heterocycles. The maximum atomic E-state index is 5.14. The van der Waals surface area contributed by atoms with Gasteiger partial charge in [0.25, 0.3) is 0 Å². The van der Waals surface area contributed by atoms with Gasteiger partial charge >= 0.3 is 0 Å². The van der Waals surface area contributed by atoms with Crippen LogP contribution in [0.1, 0.15) is 58.3 Å². The van der Waals surface area contributed by atoms with Crippen LogP contribution < -0.4 is 0 Å². The van der Waals surface area contributed by atoms with E-state index in [0.29, 0.717) is 0 Å². The van der Waals surface area contributed by atoms with E-state index in [-0.39, 0.29) is 6.29 Å². The molecule has 2 heteroatoms. The van der Waals surface area contributed by atoms with E-state index in [1.807, 2.05) is 0 Å². The molecule has 2 nitrogen and oxygen atoms in total. The highest BCUT2D eigenvalue weighted by molar-refractivity contribution is 4.79. The zero-order valence-corrected chi connectivity index (χ0v) is 11.2. The van der Waals surface area contributed by atoms with Crippen LogP contribution in [-0.4, -0.2) is 20.5 Å². The third kappa shape index (κ3) is 10.2.